The Kier molecular flexibility index (Phi) is 4.10. The maximum Gasteiger partial charge on any atom is 0.147 e. The van der Waals surface area contributed by atoms with Crippen LogP contribution in [0, 0.1) is 0 Å². The van der Waals surface area contributed by atoms with E-state index in [2.05, 4.69) is 15.4 Å². The molecular weight excluding hydrogens is 292 g/mol. The lowest BCUT2D eigenvalue weighted by Crippen LogP contribution is -2.13. The summed E-state index contributed by atoms with van der Waals surface area (Å²) in [6.45, 7) is 0. The van der Waals surface area contributed by atoms with Crippen LogP contribution in [0.3, 0.4) is 0 Å². The molecule has 0 spiro atoms. The first-order valence-electron chi connectivity index (χ1n) is 6.50. The molecule has 0 bridgehead atoms. The van der Waals surface area contributed by atoms with Crippen molar-refractivity contribution in [1.82, 2.24) is 9.97 Å². The molecule has 1 aliphatic rings. The number of hydrogen-bond acceptors (Lipinski definition) is 5. The minimum atomic E-state index is 0.686. The van der Waals surface area contributed by atoms with Crippen LogP contribution >= 0.6 is 23.4 Å². The molecule has 3 N–H and O–H groups in total. The highest BCUT2D eigenvalue weighted by Crippen LogP contribution is 2.30. The van der Waals surface area contributed by atoms with Crippen LogP contribution in [0.4, 0.5) is 5.82 Å². The Bertz CT molecular complexity index is 633. The molecular formula is C14H15ClN4S. The Hall–Kier alpha value is -1.30. The van der Waals surface area contributed by atoms with Gasteiger partial charge in [-0.2, -0.15) is 0 Å². The zero-order valence-corrected chi connectivity index (χ0v) is 12.5. The van der Waals surface area contributed by atoms with E-state index in [0.717, 1.165) is 46.5 Å². The molecule has 0 saturated heterocycles. The summed E-state index contributed by atoms with van der Waals surface area (Å²) in [6.07, 6.45) is 3.14. The van der Waals surface area contributed by atoms with Crippen LogP contribution in [0.1, 0.15) is 23.5 Å². The minimum Gasteiger partial charge on any atom is -0.308 e. The van der Waals surface area contributed by atoms with Gasteiger partial charge in [0.05, 0.1) is 10.8 Å². The van der Waals surface area contributed by atoms with E-state index in [-0.39, 0.29) is 0 Å². The van der Waals surface area contributed by atoms with Gasteiger partial charge in [-0.25, -0.2) is 15.8 Å². The maximum absolute atomic E-state index is 6.15. The van der Waals surface area contributed by atoms with E-state index in [1.165, 1.54) is 5.56 Å². The summed E-state index contributed by atoms with van der Waals surface area (Å²) >= 11 is 7.79. The summed E-state index contributed by atoms with van der Waals surface area (Å²) < 4.78 is 0. The normalized spacial score (nSPS) is 13.3. The van der Waals surface area contributed by atoms with Gasteiger partial charge in [-0.3, -0.25) is 0 Å². The van der Waals surface area contributed by atoms with Gasteiger partial charge < -0.3 is 5.43 Å². The van der Waals surface area contributed by atoms with Crippen molar-refractivity contribution in [3.63, 3.8) is 0 Å². The molecule has 20 heavy (non-hydrogen) atoms. The molecule has 3 rings (SSSR count). The summed E-state index contributed by atoms with van der Waals surface area (Å²) in [6, 6.07) is 7.79. The summed E-state index contributed by atoms with van der Waals surface area (Å²) in [4.78, 5) is 10.2. The predicted molar refractivity (Wildman–Crippen MR) is 82.9 cm³/mol. The third-order valence-electron chi connectivity index (χ3n) is 3.31. The summed E-state index contributed by atoms with van der Waals surface area (Å²) in [5.41, 5.74) is 4.98. The molecule has 2 aromatic rings. The van der Waals surface area contributed by atoms with Gasteiger partial charge in [-0.05, 0) is 31.4 Å². The molecule has 1 aromatic carbocycles. The number of halogens is 1. The number of hydrazine groups is 1. The molecule has 0 aliphatic heterocycles. The average molecular weight is 307 g/mol. The highest BCUT2D eigenvalue weighted by Gasteiger charge is 2.18. The van der Waals surface area contributed by atoms with Gasteiger partial charge in [-0.1, -0.05) is 23.7 Å². The van der Waals surface area contributed by atoms with Crippen molar-refractivity contribution in [2.45, 2.75) is 29.9 Å². The summed E-state index contributed by atoms with van der Waals surface area (Å²) in [5.74, 6) is 7.80. The number of rotatable bonds is 4. The first kappa shape index (κ1) is 13.7. The van der Waals surface area contributed by atoms with Crippen molar-refractivity contribution in [3.8, 4) is 0 Å². The molecule has 0 atom stereocenters. The van der Waals surface area contributed by atoms with Gasteiger partial charge >= 0.3 is 0 Å². The zero-order chi connectivity index (χ0) is 13.9. The first-order valence-corrected chi connectivity index (χ1v) is 7.87. The molecule has 4 nitrogen and oxygen atoms in total. The molecule has 104 valence electrons. The molecule has 0 amide bonds. The van der Waals surface area contributed by atoms with Crippen LogP contribution in [0.25, 0.3) is 0 Å². The lowest BCUT2D eigenvalue weighted by Gasteiger charge is -2.09. The largest absolute Gasteiger partial charge is 0.308 e. The van der Waals surface area contributed by atoms with E-state index in [1.54, 1.807) is 11.8 Å². The topological polar surface area (TPSA) is 63.8 Å². The Morgan fingerprint density at radius 3 is 2.90 bits per heavy atom. The lowest BCUT2D eigenvalue weighted by atomic mass is 10.2. The second-order valence-corrected chi connectivity index (χ2v) is 6.06. The van der Waals surface area contributed by atoms with E-state index < -0.39 is 0 Å². The Morgan fingerprint density at radius 2 is 2.10 bits per heavy atom. The van der Waals surface area contributed by atoms with Crippen LogP contribution in [0.2, 0.25) is 5.02 Å². The lowest BCUT2D eigenvalue weighted by molar-refractivity contribution is 0.893. The molecule has 0 unspecified atom stereocenters. The van der Waals surface area contributed by atoms with Crippen LogP contribution in [-0.2, 0) is 18.6 Å². The smallest absolute Gasteiger partial charge is 0.147 e. The summed E-state index contributed by atoms with van der Waals surface area (Å²) in [5, 5.41) is 0.760. The number of anilines is 1. The maximum atomic E-state index is 6.15. The van der Waals surface area contributed by atoms with Crippen LogP contribution in [0.5, 0.6) is 0 Å². The molecule has 1 aliphatic carbocycles. The minimum absolute atomic E-state index is 0.686. The quantitative estimate of drug-likeness (QED) is 0.516. The highest BCUT2D eigenvalue weighted by atomic mass is 35.5. The number of aromatic nitrogens is 2. The van der Waals surface area contributed by atoms with Gasteiger partial charge in [0, 0.05) is 16.2 Å². The Morgan fingerprint density at radius 1 is 1.25 bits per heavy atom. The number of fused-ring (bicyclic) bond motifs is 1. The van der Waals surface area contributed by atoms with Crippen LogP contribution in [0.15, 0.2) is 29.2 Å². The third-order valence-corrected chi connectivity index (χ3v) is 4.82. The van der Waals surface area contributed by atoms with Gasteiger partial charge in [-0.15, -0.1) is 11.8 Å². The number of benzene rings is 1. The standard InChI is InChI=1S/C14H15ClN4S/c15-10-5-1-2-7-12(10)20-8-13-17-11-6-3-4-9(11)14(18-13)19-16/h1-2,5,7H,3-4,6,8,16H2,(H,17,18,19). The van der Waals surface area contributed by atoms with Crippen molar-refractivity contribution in [1.29, 1.82) is 0 Å². The van der Waals surface area contributed by atoms with Gasteiger partial charge in [0.2, 0.25) is 0 Å². The number of thioether (sulfide) groups is 1. The average Bonchev–Trinajstić information content (AvgIpc) is 2.94. The Balaban J connectivity index is 1.80. The van der Waals surface area contributed by atoms with Gasteiger partial charge in [0.15, 0.2) is 0 Å². The monoisotopic (exact) mass is 306 g/mol. The first-order chi connectivity index (χ1) is 9.78. The third kappa shape index (κ3) is 2.75. The molecule has 1 heterocycles. The van der Waals surface area contributed by atoms with E-state index >= 15 is 0 Å². The van der Waals surface area contributed by atoms with Crippen molar-refractivity contribution in [2.75, 3.05) is 5.43 Å². The van der Waals surface area contributed by atoms with Crippen LogP contribution in [-0.4, -0.2) is 9.97 Å². The molecule has 6 heteroatoms. The van der Waals surface area contributed by atoms with Crippen molar-refractivity contribution in [3.05, 3.63) is 46.4 Å². The zero-order valence-electron chi connectivity index (χ0n) is 10.9. The molecule has 0 radical (unpaired) electrons. The molecule has 1 aromatic heterocycles. The van der Waals surface area contributed by atoms with Crippen molar-refractivity contribution in [2.24, 2.45) is 5.84 Å². The number of nitrogens with one attached hydrogen (secondary N) is 1. The fraction of sp³-hybridized carbons (Fsp3) is 0.286. The summed E-state index contributed by atoms with van der Waals surface area (Å²) in [7, 11) is 0. The number of nitrogen functional groups attached to an aromatic ring is 1. The van der Waals surface area contributed by atoms with Gasteiger partial charge in [0.1, 0.15) is 11.6 Å². The molecule has 0 fully saturated rings. The Labute approximate surface area is 127 Å². The number of nitrogens with zero attached hydrogens (tertiary/aromatic N) is 2. The van der Waals surface area contributed by atoms with E-state index in [9.17, 15) is 0 Å². The van der Waals surface area contributed by atoms with Crippen molar-refractivity contribution < 1.29 is 0 Å². The number of nitrogens with two attached hydrogens (primary N) is 1. The highest BCUT2D eigenvalue weighted by molar-refractivity contribution is 7.98. The number of aryl methyl sites for hydroxylation is 1. The van der Waals surface area contributed by atoms with E-state index in [4.69, 9.17) is 17.4 Å². The fourth-order valence-electron chi connectivity index (χ4n) is 2.37. The van der Waals surface area contributed by atoms with Gasteiger partial charge in [0.25, 0.3) is 0 Å². The second-order valence-electron chi connectivity index (χ2n) is 4.63. The van der Waals surface area contributed by atoms with Crippen LogP contribution < -0.4 is 11.3 Å². The molecule has 0 saturated carbocycles. The fourth-order valence-corrected chi connectivity index (χ4v) is 3.47. The van der Waals surface area contributed by atoms with E-state index in [0.29, 0.717) is 5.75 Å². The predicted octanol–water partition coefficient (Wildman–Crippen LogP) is 3.20. The second kappa shape index (κ2) is 5.99. The number of hydrogen-bond donors (Lipinski definition) is 2. The SMILES string of the molecule is NNc1nc(CSc2ccccc2Cl)nc2c1CCC2. The van der Waals surface area contributed by atoms with E-state index in [1.807, 2.05) is 24.3 Å². The van der Waals surface area contributed by atoms with Crippen molar-refractivity contribution >= 4 is 29.2 Å².